The first kappa shape index (κ1) is 24.2. The number of amides is 1. The van der Waals surface area contributed by atoms with Gasteiger partial charge in [0.05, 0.1) is 23.9 Å². The van der Waals surface area contributed by atoms with Crippen LogP contribution in [0.5, 0.6) is 0 Å². The molecule has 1 N–H and O–H groups in total. The number of allylic oxidation sites excluding steroid dienone is 1. The molecule has 0 fully saturated rings. The molecule has 1 amide bonds. The normalized spacial score (nSPS) is 12.4. The average molecular weight is 512 g/mol. The van der Waals surface area contributed by atoms with E-state index in [9.17, 15) is 14.4 Å². The number of rotatable bonds is 6. The molecule has 7 nitrogen and oxygen atoms in total. The number of hydrogen-bond acceptors (Lipinski definition) is 5. The van der Waals surface area contributed by atoms with Crippen molar-refractivity contribution in [3.05, 3.63) is 123 Å². The number of methoxy groups -OCH3 is 1. The molecule has 8 heteroatoms. The molecule has 2 heterocycles. The molecule has 1 aliphatic rings. The summed E-state index contributed by atoms with van der Waals surface area (Å²) >= 11 is 6.26. The summed E-state index contributed by atoms with van der Waals surface area (Å²) in [7, 11) is 1.25. The fraction of sp³-hybridized carbons (Fsp3) is 0.103. The third kappa shape index (κ3) is 4.69. The van der Waals surface area contributed by atoms with Crippen LogP contribution < -0.4 is 10.7 Å². The van der Waals surface area contributed by atoms with Crippen LogP contribution in [0.15, 0.2) is 94.9 Å². The number of ether oxygens (including phenoxy) is 1. The van der Waals surface area contributed by atoms with Crippen molar-refractivity contribution in [3.8, 4) is 5.69 Å². The molecule has 0 atom stereocenters. The number of halogens is 1. The number of nitrogens with one attached hydrogen (secondary N) is 1. The molecular weight excluding hydrogens is 490 g/mol. The van der Waals surface area contributed by atoms with Crippen molar-refractivity contribution in [1.82, 2.24) is 9.88 Å². The van der Waals surface area contributed by atoms with Crippen molar-refractivity contribution in [3.63, 3.8) is 0 Å². The van der Waals surface area contributed by atoms with Gasteiger partial charge in [0.25, 0.3) is 5.91 Å². The monoisotopic (exact) mass is 511 g/mol. The SMILES string of the molecule is COC(=O)c1c(CNC(=O)c2ccc(C3=NC=CC3)cc2)c(=O)c2ccc(Cl)cc2n1-c1ccccc1. The summed E-state index contributed by atoms with van der Waals surface area (Å²) < 4.78 is 6.71. The maximum Gasteiger partial charge on any atom is 0.355 e. The molecule has 0 saturated heterocycles. The zero-order valence-corrected chi connectivity index (χ0v) is 20.7. The number of esters is 1. The van der Waals surface area contributed by atoms with E-state index in [0.717, 1.165) is 17.7 Å². The zero-order valence-electron chi connectivity index (χ0n) is 19.9. The smallest absolute Gasteiger partial charge is 0.355 e. The summed E-state index contributed by atoms with van der Waals surface area (Å²) in [5.74, 6) is -1.09. The van der Waals surface area contributed by atoms with Crippen molar-refractivity contribution in [2.45, 2.75) is 13.0 Å². The van der Waals surface area contributed by atoms with Gasteiger partial charge < -0.3 is 14.6 Å². The summed E-state index contributed by atoms with van der Waals surface area (Å²) in [5.41, 5.74) is 3.15. The summed E-state index contributed by atoms with van der Waals surface area (Å²) in [6, 6.07) is 21.1. The second-order valence-corrected chi connectivity index (χ2v) is 8.84. The zero-order chi connectivity index (χ0) is 25.9. The highest BCUT2D eigenvalue weighted by Gasteiger charge is 2.25. The van der Waals surface area contributed by atoms with Gasteiger partial charge in [-0.2, -0.15) is 0 Å². The molecule has 1 aliphatic heterocycles. The van der Waals surface area contributed by atoms with Crippen LogP contribution in [0.2, 0.25) is 5.02 Å². The van der Waals surface area contributed by atoms with E-state index in [4.69, 9.17) is 16.3 Å². The lowest BCUT2D eigenvalue weighted by molar-refractivity contribution is 0.0589. The Morgan fingerprint density at radius 3 is 2.49 bits per heavy atom. The number of pyridine rings is 1. The fourth-order valence-corrected chi connectivity index (χ4v) is 4.53. The van der Waals surface area contributed by atoms with Crippen LogP contribution in [0.25, 0.3) is 16.6 Å². The van der Waals surface area contributed by atoms with Crippen LogP contribution in [0, 0.1) is 0 Å². The van der Waals surface area contributed by atoms with Gasteiger partial charge in [0.15, 0.2) is 5.43 Å². The van der Waals surface area contributed by atoms with Crippen LogP contribution in [-0.2, 0) is 11.3 Å². The Balaban J connectivity index is 1.56. The fourth-order valence-electron chi connectivity index (χ4n) is 4.36. The molecule has 4 aromatic rings. The van der Waals surface area contributed by atoms with E-state index >= 15 is 0 Å². The average Bonchev–Trinajstić information content (AvgIpc) is 3.47. The van der Waals surface area contributed by atoms with Crippen molar-refractivity contribution in [1.29, 1.82) is 0 Å². The number of para-hydroxylation sites is 1. The molecule has 0 bridgehead atoms. The summed E-state index contributed by atoms with van der Waals surface area (Å²) in [6.45, 7) is -0.175. The molecule has 0 radical (unpaired) electrons. The van der Waals surface area contributed by atoms with Crippen LogP contribution in [0.4, 0.5) is 0 Å². The van der Waals surface area contributed by atoms with Gasteiger partial charge in [-0.1, -0.05) is 48.0 Å². The van der Waals surface area contributed by atoms with E-state index in [0.29, 0.717) is 27.2 Å². The Hall–Kier alpha value is -4.49. The summed E-state index contributed by atoms with van der Waals surface area (Å²) in [4.78, 5) is 43.9. The van der Waals surface area contributed by atoms with Crippen LogP contribution in [0.3, 0.4) is 0 Å². The van der Waals surface area contributed by atoms with Gasteiger partial charge in [0, 0.05) is 40.8 Å². The number of nitrogens with zero attached hydrogens (tertiary/aromatic N) is 2. The molecule has 184 valence electrons. The predicted molar refractivity (Wildman–Crippen MR) is 144 cm³/mol. The quantitative estimate of drug-likeness (QED) is 0.366. The van der Waals surface area contributed by atoms with E-state index in [2.05, 4.69) is 10.3 Å². The van der Waals surface area contributed by atoms with E-state index < -0.39 is 5.97 Å². The number of fused-ring (bicyclic) bond motifs is 1. The Bertz CT molecular complexity index is 1640. The number of aliphatic imine (C=N–C) groups is 1. The highest BCUT2D eigenvalue weighted by Crippen LogP contribution is 2.25. The minimum atomic E-state index is -0.706. The van der Waals surface area contributed by atoms with Crippen LogP contribution >= 0.6 is 11.6 Å². The Kier molecular flexibility index (Phi) is 6.70. The lowest BCUT2D eigenvalue weighted by Crippen LogP contribution is -2.31. The van der Waals surface area contributed by atoms with Crippen LogP contribution in [-0.4, -0.2) is 29.3 Å². The standard InChI is InChI=1S/C29H22ClN3O4/c1-37-29(36)26-23(17-32-28(35)19-11-9-18(10-12-19)24-8-5-15-31-24)27(34)22-14-13-20(30)16-25(22)33(26)21-6-3-2-4-7-21/h2-7,9-16H,8,17H2,1H3,(H,32,35). The summed E-state index contributed by atoms with van der Waals surface area (Å²) in [5, 5.41) is 3.57. The molecule has 5 rings (SSSR count). The van der Waals surface area contributed by atoms with Crippen LogP contribution in [0.1, 0.15) is 38.4 Å². The maximum absolute atomic E-state index is 13.6. The maximum atomic E-state index is 13.6. The van der Waals surface area contributed by atoms with Crippen molar-refractivity contribution in [2.24, 2.45) is 4.99 Å². The topological polar surface area (TPSA) is 89.8 Å². The third-order valence-corrected chi connectivity index (χ3v) is 6.41. The number of hydrogen-bond donors (Lipinski definition) is 1. The number of aromatic nitrogens is 1. The Morgan fingerprint density at radius 1 is 1.05 bits per heavy atom. The van der Waals surface area contributed by atoms with Gasteiger partial charge in [0.1, 0.15) is 5.69 Å². The molecule has 37 heavy (non-hydrogen) atoms. The third-order valence-electron chi connectivity index (χ3n) is 6.18. The van der Waals surface area contributed by atoms with Gasteiger partial charge in [-0.05, 0) is 48.0 Å². The minimum Gasteiger partial charge on any atom is -0.464 e. The van der Waals surface area contributed by atoms with Gasteiger partial charge in [-0.15, -0.1) is 0 Å². The lowest BCUT2D eigenvalue weighted by atomic mass is 10.0. The second-order valence-electron chi connectivity index (χ2n) is 8.41. The molecule has 0 saturated carbocycles. The van der Waals surface area contributed by atoms with Gasteiger partial charge in [0.2, 0.25) is 0 Å². The van der Waals surface area contributed by atoms with Crippen molar-refractivity contribution in [2.75, 3.05) is 7.11 Å². The number of benzene rings is 3. The van der Waals surface area contributed by atoms with E-state index in [-0.39, 0.29) is 29.1 Å². The van der Waals surface area contributed by atoms with E-state index in [1.165, 1.54) is 7.11 Å². The molecule has 3 aromatic carbocycles. The second kappa shape index (κ2) is 10.2. The van der Waals surface area contributed by atoms with Crippen molar-refractivity contribution < 1.29 is 14.3 Å². The van der Waals surface area contributed by atoms with Gasteiger partial charge in [-0.25, -0.2) is 4.79 Å². The largest absolute Gasteiger partial charge is 0.464 e. The first-order valence-corrected chi connectivity index (χ1v) is 12.0. The highest BCUT2D eigenvalue weighted by molar-refractivity contribution is 6.31. The minimum absolute atomic E-state index is 0.0239. The Morgan fingerprint density at radius 2 is 1.81 bits per heavy atom. The van der Waals surface area contributed by atoms with Gasteiger partial charge >= 0.3 is 5.97 Å². The highest BCUT2D eigenvalue weighted by atomic mass is 35.5. The number of carbonyl (C=O) groups is 2. The molecule has 0 aliphatic carbocycles. The van der Waals surface area contributed by atoms with Crippen molar-refractivity contribution >= 4 is 40.1 Å². The molecule has 0 unspecified atom stereocenters. The lowest BCUT2D eigenvalue weighted by Gasteiger charge is -2.20. The van der Waals surface area contributed by atoms with Gasteiger partial charge in [-0.3, -0.25) is 14.6 Å². The van der Waals surface area contributed by atoms with E-state index in [1.54, 1.807) is 41.1 Å². The Labute approximate surface area is 217 Å². The first-order valence-electron chi connectivity index (χ1n) is 11.6. The number of carbonyl (C=O) groups excluding carboxylic acids is 2. The molecule has 0 spiro atoms. The predicted octanol–water partition coefficient (Wildman–Crippen LogP) is 5.07. The molecule has 1 aromatic heterocycles. The summed E-state index contributed by atoms with van der Waals surface area (Å²) in [6.07, 6.45) is 4.48. The molecular formula is C29H22ClN3O4. The van der Waals surface area contributed by atoms with E-state index in [1.807, 2.05) is 48.5 Å². The first-order chi connectivity index (χ1) is 18.0.